The Morgan fingerprint density at radius 2 is 2.17 bits per heavy atom. The summed E-state index contributed by atoms with van der Waals surface area (Å²) in [6, 6.07) is 8.06. The number of piperidine rings is 1. The summed E-state index contributed by atoms with van der Waals surface area (Å²) in [7, 11) is 0. The van der Waals surface area contributed by atoms with Crippen LogP contribution in [0.15, 0.2) is 22.7 Å². The van der Waals surface area contributed by atoms with Gasteiger partial charge in [0.25, 0.3) is 0 Å². The summed E-state index contributed by atoms with van der Waals surface area (Å²) in [6.45, 7) is 5.40. The summed E-state index contributed by atoms with van der Waals surface area (Å²) in [5.41, 5.74) is 1.93. The van der Waals surface area contributed by atoms with Gasteiger partial charge in [0.05, 0.1) is 11.3 Å². The Balaban J connectivity index is 2.06. The Bertz CT molecular complexity index is 459. The van der Waals surface area contributed by atoms with E-state index in [0.717, 1.165) is 29.8 Å². The van der Waals surface area contributed by atoms with E-state index in [1.165, 1.54) is 12.8 Å². The zero-order valence-corrected chi connectivity index (χ0v) is 12.2. The van der Waals surface area contributed by atoms with Crippen LogP contribution >= 0.6 is 15.9 Å². The molecule has 0 aliphatic carbocycles. The predicted molar refractivity (Wildman–Crippen MR) is 77.6 cm³/mol. The van der Waals surface area contributed by atoms with E-state index in [9.17, 15) is 5.26 Å². The smallest absolute Gasteiger partial charge is 0.103 e. The molecule has 1 aliphatic heterocycles. The maximum absolute atomic E-state index is 9.17. The van der Waals surface area contributed by atoms with Gasteiger partial charge in [-0.1, -0.05) is 13.0 Å². The molecular weight excluding hydrogens is 290 g/mol. The van der Waals surface area contributed by atoms with E-state index in [1.54, 1.807) is 0 Å². The van der Waals surface area contributed by atoms with Crippen LogP contribution in [0.5, 0.6) is 0 Å². The van der Waals surface area contributed by atoms with Crippen LogP contribution in [0.4, 0.5) is 5.69 Å². The van der Waals surface area contributed by atoms with E-state index >= 15 is 0 Å². The third-order valence-electron chi connectivity index (χ3n) is 3.64. The fraction of sp³-hybridized carbons (Fsp3) is 0.500. The number of nitriles is 1. The largest absolute Gasteiger partial charge is 0.383 e. The number of hydrogen-bond acceptors (Lipinski definition) is 3. The van der Waals surface area contributed by atoms with Crippen molar-refractivity contribution in [2.75, 3.05) is 25.0 Å². The van der Waals surface area contributed by atoms with Crippen LogP contribution in [0.2, 0.25) is 0 Å². The van der Waals surface area contributed by atoms with Gasteiger partial charge in [-0.05, 0) is 59.4 Å². The van der Waals surface area contributed by atoms with E-state index in [0.29, 0.717) is 11.0 Å². The highest BCUT2D eigenvalue weighted by molar-refractivity contribution is 9.10. The number of anilines is 1. The van der Waals surface area contributed by atoms with Crippen LogP contribution in [-0.2, 0) is 0 Å². The van der Waals surface area contributed by atoms with Crippen LogP contribution < -0.4 is 10.6 Å². The van der Waals surface area contributed by atoms with Crippen molar-refractivity contribution in [2.24, 2.45) is 5.41 Å². The number of halogens is 1. The molecule has 0 saturated carbocycles. The van der Waals surface area contributed by atoms with Crippen molar-refractivity contribution in [3.8, 4) is 6.07 Å². The van der Waals surface area contributed by atoms with Gasteiger partial charge in [0.1, 0.15) is 6.07 Å². The van der Waals surface area contributed by atoms with E-state index in [4.69, 9.17) is 0 Å². The summed E-state index contributed by atoms with van der Waals surface area (Å²) < 4.78 is 0.852. The Morgan fingerprint density at radius 1 is 1.44 bits per heavy atom. The second kappa shape index (κ2) is 5.73. The zero-order chi connectivity index (χ0) is 13.0. The molecule has 0 spiro atoms. The molecule has 1 aliphatic rings. The Kier molecular flexibility index (Phi) is 4.26. The van der Waals surface area contributed by atoms with Crippen LogP contribution in [0.3, 0.4) is 0 Å². The van der Waals surface area contributed by atoms with Crippen molar-refractivity contribution in [1.82, 2.24) is 5.32 Å². The zero-order valence-electron chi connectivity index (χ0n) is 10.6. The number of rotatable bonds is 3. The van der Waals surface area contributed by atoms with Crippen molar-refractivity contribution >= 4 is 21.6 Å². The summed E-state index contributed by atoms with van der Waals surface area (Å²) in [6.07, 6.45) is 2.35. The van der Waals surface area contributed by atoms with Gasteiger partial charge in [-0.25, -0.2) is 0 Å². The van der Waals surface area contributed by atoms with Crippen LogP contribution in [0.25, 0.3) is 0 Å². The van der Waals surface area contributed by atoms with Crippen molar-refractivity contribution in [3.63, 3.8) is 0 Å². The molecule has 3 nitrogen and oxygen atoms in total. The lowest BCUT2D eigenvalue weighted by Crippen LogP contribution is -2.39. The van der Waals surface area contributed by atoms with Gasteiger partial charge in [0.15, 0.2) is 0 Å². The maximum atomic E-state index is 9.17. The fourth-order valence-corrected chi connectivity index (χ4v) is 2.76. The van der Waals surface area contributed by atoms with Gasteiger partial charge >= 0.3 is 0 Å². The first-order chi connectivity index (χ1) is 8.64. The predicted octanol–water partition coefficient (Wildman–Crippen LogP) is 3.12. The molecule has 0 atom stereocenters. The molecule has 0 aromatic heterocycles. The van der Waals surface area contributed by atoms with Crippen molar-refractivity contribution < 1.29 is 0 Å². The van der Waals surface area contributed by atoms with E-state index in [-0.39, 0.29) is 0 Å². The third-order valence-corrected chi connectivity index (χ3v) is 4.30. The number of nitrogens with one attached hydrogen (secondary N) is 2. The van der Waals surface area contributed by atoms with Gasteiger partial charge in [0, 0.05) is 11.0 Å². The molecule has 1 heterocycles. The van der Waals surface area contributed by atoms with Crippen molar-refractivity contribution in [3.05, 3.63) is 28.2 Å². The monoisotopic (exact) mass is 307 g/mol. The molecule has 1 saturated heterocycles. The number of hydrogen-bond donors (Lipinski definition) is 2. The molecule has 18 heavy (non-hydrogen) atoms. The molecule has 0 radical (unpaired) electrons. The first-order valence-electron chi connectivity index (χ1n) is 6.28. The molecule has 0 unspecified atom stereocenters. The first-order valence-corrected chi connectivity index (χ1v) is 7.07. The fourth-order valence-electron chi connectivity index (χ4n) is 2.30. The first kappa shape index (κ1) is 13.4. The van der Waals surface area contributed by atoms with Gasteiger partial charge in [-0.3, -0.25) is 0 Å². The second-order valence-corrected chi connectivity index (χ2v) is 6.04. The summed E-state index contributed by atoms with van der Waals surface area (Å²) in [4.78, 5) is 0. The molecule has 1 aromatic rings. The molecule has 1 fully saturated rings. The van der Waals surface area contributed by atoms with Crippen LogP contribution in [-0.4, -0.2) is 19.6 Å². The van der Waals surface area contributed by atoms with E-state index in [2.05, 4.69) is 39.6 Å². The third kappa shape index (κ3) is 3.04. The highest BCUT2D eigenvalue weighted by Gasteiger charge is 2.26. The summed E-state index contributed by atoms with van der Waals surface area (Å²) in [5, 5.41) is 16.0. The van der Waals surface area contributed by atoms with Gasteiger partial charge in [-0.15, -0.1) is 0 Å². The second-order valence-electron chi connectivity index (χ2n) is 5.19. The SMILES string of the molecule is CC1(CNc2cccc(Br)c2C#N)CCNCC1. The molecule has 2 rings (SSSR count). The Hall–Kier alpha value is -1.05. The Morgan fingerprint density at radius 3 is 2.83 bits per heavy atom. The average molecular weight is 308 g/mol. The minimum absolute atomic E-state index is 0.320. The lowest BCUT2D eigenvalue weighted by molar-refractivity contribution is 0.247. The molecule has 2 N–H and O–H groups in total. The van der Waals surface area contributed by atoms with E-state index < -0.39 is 0 Å². The van der Waals surface area contributed by atoms with Gasteiger partial charge < -0.3 is 10.6 Å². The summed E-state index contributed by atoms with van der Waals surface area (Å²) >= 11 is 3.41. The average Bonchev–Trinajstić information content (AvgIpc) is 2.37. The number of benzene rings is 1. The molecule has 96 valence electrons. The van der Waals surface area contributed by atoms with E-state index in [1.807, 2.05) is 18.2 Å². The van der Waals surface area contributed by atoms with Gasteiger partial charge in [0.2, 0.25) is 0 Å². The molecule has 0 bridgehead atoms. The highest BCUT2D eigenvalue weighted by Crippen LogP contribution is 2.30. The number of nitrogens with zero attached hydrogens (tertiary/aromatic N) is 1. The van der Waals surface area contributed by atoms with Gasteiger partial charge in [-0.2, -0.15) is 5.26 Å². The maximum Gasteiger partial charge on any atom is 0.103 e. The lowest BCUT2D eigenvalue weighted by Gasteiger charge is -2.34. The van der Waals surface area contributed by atoms with Crippen LogP contribution in [0, 0.1) is 16.7 Å². The Labute approximate surface area is 117 Å². The standard InChI is InChI=1S/C14H18BrN3/c1-14(5-7-17-8-6-14)10-18-13-4-2-3-12(15)11(13)9-16/h2-4,17-18H,5-8,10H2,1H3. The highest BCUT2D eigenvalue weighted by atomic mass is 79.9. The normalized spacial score (nSPS) is 18.1. The topological polar surface area (TPSA) is 47.9 Å². The van der Waals surface area contributed by atoms with Crippen LogP contribution in [0.1, 0.15) is 25.3 Å². The van der Waals surface area contributed by atoms with Crippen molar-refractivity contribution in [1.29, 1.82) is 5.26 Å². The molecule has 0 amide bonds. The molecular formula is C14H18BrN3. The summed E-state index contributed by atoms with van der Waals surface area (Å²) in [5.74, 6) is 0. The molecule has 1 aromatic carbocycles. The van der Waals surface area contributed by atoms with Crippen molar-refractivity contribution in [2.45, 2.75) is 19.8 Å². The lowest BCUT2D eigenvalue weighted by atomic mass is 9.81. The minimum atomic E-state index is 0.320. The molecule has 4 heteroatoms. The minimum Gasteiger partial charge on any atom is -0.383 e. The quantitative estimate of drug-likeness (QED) is 0.902.